The van der Waals surface area contributed by atoms with Crippen LogP contribution >= 0.6 is 11.6 Å². The Morgan fingerprint density at radius 2 is 2.20 bits per heavy atom. The second-order valence-electron chi connectivity index (χ2n) is 3.63. The minimum Gasteiger partial charge on any atom is -0.383 e. The van der Waals surface area contributed by atoms with Gasteiger partial charge in [0.25, 0.3) is 0 Å². The molecule has 0 saturated carbocycles. The lowest BCUT2D eigenvalue weighted by Crippen LogP contribution is -2.34. The van der Waals surface area contributed by atoms with Gasteiger partial charge < -0.3 is 10.5 Å². The van der Waals surface area contributed by atoms with E-state index in [-0.39, 0.29) is 17.2 Å². The van der Waals surface area contributed by atoms with Crippen LogP contribution < -0.4 is 5.73 Å². The third-order valence-electron chi connectivity index (χ3n) is 2.19. The molecule has 0 aromatic carbocycles. The Hall–Kier alpha value is -1.13. The van der Waals surface area contributed by atoms with E-state index >= 15 is 0 Å². The number of carbonyl (C=O) groups is 1. The van der Waals surface area contributed by atoms with Crippen LogP contribution in [0.3, 0.4) is 0 Å². The number of hydrogen-bond acceptors (Lipinski definition) is 4. The fraction of sp³-hybridized carbons (Fsp3) is 0.400. The lowest BCUT2D eigenvalue weighted by molar-refractivity contribution is 0.0229. The Morgan fingerprint density at radius 3 is 2.73 bits per heavy atom. The molecule has 1 rings (SSSR count). The number of rotatable bonds is 3. The van der Waals surface area contributed by atoms with Crippen molar-refractivity contribution in [2.45, 2.75) is 19.4 Å². The molecule has 82 valence electrons. The van der Waals surface area contributed by atoms with Gasteiger partial charge in [0.15, 0.2) is 5.78 Å². The summed E-state index contributed by atoms with van der Waals surface area (Å²) in [4.78, 5) is 15.8. The molecule has 1 aromatic rings. The highest BCUT2D eigenvalue weighted by molar-refractivity contribution is 6.31. The van der Waals surface area contributed by atoms with Crippen LogP contribution in [0.25, 0.3) is 0 Å². The first kappa shape index (κ1) is 11.9. The summed E-state index contributed by atoms with van der Waals surface area (Å²) in [6.45, 7) is 3.32. The molecule has 0 aliphatic rings. The van der Waals surface area contributed by atoms with Crippen molar-refractivity contribution in [1.82, 2.24) is 4.98 Å². The normalized spacial score (nSPS) is 11.5. The number of Topliss-reactive ketones (excluding diaryl/α,β-unsaturated/α-hetero) is 1. The molecule has 0 radical (unpaired) electrons. The average molecular weight is 229 g/mol. The number of carbonyl (C=O) groups excluding carboxylic acids is 1. The van der Waals surface area contributed by atoms with Gasteiger partial charge in [-0.3, -0.25) is 4.79 Å². The summed E-state index contributed by atoms with van der Waals surface area (Å²) in [7, 11) is 1.46. The molecule has 0 aliphatic heterocycles. The molecule has 0 spiro atoms. The van der Waals surface area contributed by atoms with Crippen molar-refractivity contribution in [1.29, 1.82) is 0 Å². The summed E-state index contributed by atoms with van der Waals surface area (Å²) < 4.78 is 5.07. The second kappa shape index (κ2) is 4.16. The van der Waals surface area contributed by atoms with Crippen LogP contribution in [0.4, 0.5) is 5.82 Å². The molecule has 0 saturated heterocycles. The number of ether oxygens (including phenoxy) is 1. The Balaban J connectivity index is 3.17. The van der Waals surface area contributed by atoms with Gasteiger partial charge in [-0.2, -0.15) is 0 Å². The van der Waals surface area contributed by atoms with Crippen LogP contribution in [0.5, 0.6) is 0 Å². The first-order valence-electron chi connectivity index (χ1n) is 4.39. The monoisotopic (exact) mass is 228 g/mol. The van der Waals surface area contributed by atoms with Gasteiger partial charge in [-0.1, -0.05) is 11.6 Å². The molecular formula is C10H13ClN2O2. The summed E-state index contributed by atoms with van der Waals surface area (Å²) in [5.74, 6) is -0.0768. The van der Waals surface area contributed by atoms with Crippen molar-refractivity contribution in [3.8, 4) is 0 Å². The maximum absolute atomic E-state index is 12.0. The van der Waals surface area contributed by atoms with Crippen LogP contribution in [-0.4, -0.2) is 23.5 Å². The van der Waals surface area contributed by atoms with E-state index in [4.69, 9.17) is 22.1 Å². The highest BCUT2D eigenvalue weighted by atomic mass is 35.5. The second-order valence-corrected chi connectivity index (χ2v) is 4.07. The molecule has 0 amide bonds. The lowest BCUT2D eigenvalue weighted by Gasteiger charge is -2.21. The predicted octanol–water partition coefficient (Wildman–Crippen LogP) is 1.92. The van der Waals surface area contributed by atoms with Gasteiger partial charge in [-0.05, 0) is 19.9 Å². The Bertz CT molecular complexity index is 391. The molecule has 1 heterocycles. The summed E-state index contributed by atoms with van der Waals surface area (Å²) in [5, 5.41) is 0.374. The van der Waals surface area contributed by atoms with E-state index in [1.807, 2.05) is 0 Å². The molecule has 0 unspecified atom stereocenters. The Morgan fingerprint density at radius 1 is 1.60 bits per heavy atom. The van der Waals surface area contributed by atoms with Gasteiger partial charge in [0.2, 0.25) is 0 Å². The first-order chi connectivity index (χ1) is 6.88. The Kier molecular flexibility index (Phi) is 3.31. The molecule has 0 atom stereocenters. The van der Waals surface area contributed by atoms with Gasteiger partial charge in [0.05, 0.1) is 10.6 Å². The van der Waals surface area contributed by atoms with Crippen molar-refractivity contribution in [3.63, 3.8) is 0 Å². The predicted molar refractivity (Wildman–Crippen MR) is 59.1 cm³/mol. The summed E-state index contributed by atoms with van der Waals surface area (Å²) in [6, 6.07) is 1.49. The molecular weight excluding hydrogens is 216 g/mol. The summed E-state index contributed by atoms with van der Waals surface area (Å²) in [6.07, 6.45) is 1.40. The summed E-state index contributed by atoms with van der Waals surface area (Å²) >= 11 is 5.74. The van der Waals surface area contributed by atoms with E-state index in [2.05, 4.69) is 4.98 Å². The number of aromatic nitrogens is 1. The average Bonchev–Trinajstić information content (AvgIpc) is 2.20. The molecule has 1 aromatic heterocycles. The van der Waals surface area contributed by atoms with Crippen LogP contribution in [0, 0.1) is 0 Å². The van der Waals surface area contributed by atoms with E-state index in [0.717, 1.165) is 0 Å². The number of halogens is 1. The molecule has 0 fully saturated rings. The van der Waals surface area contributed by atoms with Gasteiger partial charge in [0, 0.05) is 13.3 Å². The van der Waals surface area contributed by atoms with Crippen LogP contribution in [0.15, 0.2) is 12.3 Å². The third-order valence-corrected chi connectivity index (χ3v) is 2.39. The number of anilines is 1. The van der Waals surface area contributed by atoms with E-state index in [1.165, 1.54) is 19.4 Å². The minimum absolute atomic E-state index is 0.162. The number of hydrogen-bond donors (Lipinski definition) is 1. The van der Waals surface area contributed by atoms with Crippen molar-refractivity contribution in [2.75, 3.05) is 12.8 Å². The van der Waals surface area contributed by atoms with Gasteiger partial charge in [0.1, 0.15) is 11.4 Å². The molecule has 0 aliphatic carbocycles. The lowest BCUT2D eigenvalue weighted by atomic mass is 9.97. The summed E-state index contributed by atoms with van der Waals surface area (Å²) in [5.41, 5.74) is 4.95. The third kappa shape index (κ3) is 2.46. The van der Waals surface area contributed by atoms with E-state index in [9.17, 15) is 4.79 Å². The number of nitrogens with zero attached hydrogens (tertiary/aromatic N) is 1. The zero-order valence-corrected chi connectivity index (χ0v) is 9.63. The van der Waals surface area contributed by atoms with E-state index < -0.39 is 5.60 Å². The number of nitrogens with two attached hydrogens (primary N) is 1. The van der Waals surface area contributed by atoms with Crippen molar-refractivity contribution in [3.05, 3.63) is 22.8 Å². The number of nitrogen functional groups attached to an aromatic ring is 1. The van der Waals surface area contributed by atoms with Gasteiger partial charge in [-0.25, -0.2) is 4.98 Å². The number of ketones is 1. The highest BCUT2D eigenvalue weighted by Gasteiger charge is 2.30. The Labute approximate surface area is 93.4 Å². The van der Waals surface area contributed by atoms with E-state index in [0.29, 0.717) is 5.02 Å². The van der Waals surface area contributed by atoms with E-state index in [1.54, 1.807) is 13.8 Å². The number of pyridine rings is 1. The fourth-order valence-corrected chi connectivity index (χ4v) is 1.21. The molecule has 2 N–H and O–H groups in total. The quantitative estimate of drug-likeness (QED) is 0.803. The topological polar surface area (TPSA) is 65.2 Å². The van der Waals surface area contributed by atoms with Gasteiger partial charge in [-0.15, -0.1) is 0 Å². The van der Waals surface area contributed by atoms with Gasteiger partial charge >= 0.3 is 0 Å². The largest absolute Gasteiger partial charge is 0.383 e. The fourth-order valence-electron chi connectivity index (χ4n) is 1.05. The molecule has 15 heavy (non-hydrogen) atoms. The molecule has 4 nitrogen and oxygen atoms in total. The SMILES string of the molecule is COC(C)(C)C(=O)c1cc(Cl)cnc1N. The van der Waals surface area contributed by atoms with Crippen LogP contribution in [0.2, 0.25) is 5.02 Å². The maximum atomic E-state index is 12.0. The standard InChI is InChI=1S/C10H13ClN2O2/c1-10(2,15-3)8(14)7-4-6(11)5-13-9(7)12/h4-5H,1-3H3,(H2,12,13). The highest BCUT2D eigenvalue weighted by Crippen LogP contribution is 2.22. The minimum atomic E-state index is -0.930. The van der Waals surface area contributed by atoms with Crippen molar-refractivity contribution in [2.24, 2.45) is 0 Å². The first-order valence-corrected chi connectivity index (χ1v) is 4.77. The smallest absolute Gasteiger partial charge is 0.197 e. The zero-order chi connectivity index (χ0) is 11.6. The number of methoxy groups -OCH3 is 1. The molecule has 0 bridgehead atoms. The van der Waals surface area contributed by atoms with Crippen molar-refractivity contribution >= 4 is 23.2 Å². The van der Waals surface area contributed by atoms with Crippen LogP contribution in [-0.2, 0) is 4.74 Å². The zero-order valence-electron chi connectivity index (χ0n) is 8.87. The van der Waals surface area contributed by atoms with Crippen LogP contribution in [0.1, 0.15) is 24.2 Å². The van der Waals surface area contributed by atoms with Crippen molar-refractivity contribution < 1.29 is 9.53 Å². The molecule has 5 heteroatoms. The maximum Gasteiger partial charge on any atom is 0.197 e.